The quantitative estimate of drug-likeness (QED) is 0.213. The van der Waals surface area contributed by atoms with Gasteiger partial charge in [0.15, 0.2) is 0 Å². The summed E-state index contributed by atoms with van der Waals surface area (Å²) in [6, 6.07) is 29.2. The van der Waals surface area contributed by atoms with Crippen LogP contribution < -0.4 is 4.90 Å². The fraction of sp³-hybridized carbons (Fsp3) is 0.286. The van der Waals surface area contributed by atoms with Gasteiger partial charge in [-0.3, -0.25) is 0 Å². The lowest BCUT2D eigenvalue weighted by Gasteiger charge is -2.40. The Hall–Kier alpha value is -5.35. The summed E-state index contributed by atoms with van der Waals surface area (Å²) in [5, 5.41) is 1.32. The minimum atomic E-state index is -0.181. The number of hydrogen-bond donors (Lipinski definition) is 0. The SMILES string of the molecule is CC1C=Cc2c(n(C3N=C4C=CCC(C)C4=C(c4ccccc4)N3C)c3ccc(C4=CC=C5C(C4C)C4C=CC=CC4(C)N5c4ccccc4)cc23)C1. The van der Waals surface area contributed by atoms with Gasteiger partial charge in [0, 0.05) is 52.5 Å². The normalized spacial score (nSPS) is 29.8. The van der Waals surface area contributed by atoms with E-state index >= 15 is 0 Å². The first kappa shape index (κ1) is 32.3. The Morgan fingerprint density at radius 2 is 1.62 bits per heavy atom. The lowest BCUT2D eigenvalue weighted by Crippen LogP contribution is -2.43. The molecule has 1 fully saturated rings. The van der Waals surface area contributed by atoms with Crippen molar-refractivity contribution in [2.75, 3.05) is 11.9 Å². The van der Waals surface area contributed by atoms with Gasteiger partial charge in [0.1, 0.15) is 0 Å². The number of rotatable bonds is 4. The molecule has 53 heavy (non-hydrogen) atoms. The third kappa shape index (κ3) is 4.77. The van der Waals surface area contributed by atoms with Crippen molar-refractivity contribution >= 4 is 39.6 Å². The van der Waals surface area contributed by atoms with Gasteiger partial charge < -0.3 is 14.4 Å². The number of benzene rings is 3. The van der Waals surface area contributed by atoms with Crippen LogP contribution in [-0.2, 0) is 6.42 Å². The molecule has 0 radical (unpaired) electrons. The molecule has 3 heterocycles. The number of aliphatic imine (C=N–C) groups is 1. The van der Waals surface area contributed by atoms with Crippen molar-refractivity contribution < 1.29 is 0 Å². The van der Waals surface area contributed by atoms with Crippen LogP contribution in [0, 0.1) is 29.6 Å². The summed E-state index contributed by atoms with van der Waals surface area (Å²) in [5.41, 5.74) is 14.3. The minimum Gasteiger partial charge on any atom is -0.335 e. The summed E-state index contributed by atoms with van der Waals surface area (Å²) in [6.07, 6.45) is 25.4. The standard InChI is InChI=1S/C49H48N4/c1-31-22-24-38-39-30-35(37-25-27-43-46(33(37)3)40-20-12-13-28-49(40,4)53(43)36-18-10-7-11-19-36)23-26-42(39)52(44(38)29-31)48-50-41-21-14-15-32(2)45(41)47(51(48)5)34-16-8-6-9-17-34/h6-14,16-28,30-33,40,46,48H,15,29H2,1-5H3. The topological polar surface area (TPSA) is 23.8 Å². The van der Waals surface area contributed by atoms with Crippen LogP contribution in [0.15, 0.2) is 150 Å². The predicted octanol–water partition coefficient (Wildman–Crippen LogP) is 11.3. The Morgan fingerprint density at radius 1 is 0.830 bits per heavy atom. The summed E-state index contributed by atoms with van der Waals surface area (Å²) >= 11 is 0. The summed E-state index contributed by atoms with van der Waals surface area (Å²) in [7, 11) is 2.25. The molecule has 1 saturated heterocycles. The van der Waals surface area contributed by atoms with Crippen LogP contribution >= 0.6 is 0 Å². The first-order valence-corrected chi connectivity index (χ1v) is 19.6. The number of aromatic nitrogens is 1. The van der Waals surface area contributed by atoms with Crippen LogP contribution in [-0.4, -0.2) is 27.8 Å². The molecule has 4 nitrogen and oxygen atoms in total. The van der Waals surface area contributed by atoms with Crippen molar-refractivity contribution in [1.82, 2.24) is 9.47 Å². The molecule has 4 aliphatic carbocycles. The third-order valence-corrected chi connectivity index (χ3v) is 13.1. The Kier molecular flexibility index (Phi) is 7.37. The summed E-state index contributed by atoms with van der Waals surface area (Å²) in [6.45, 7) is 9.56. The van der Waals surface area contributed by atoms with Gasteiger partial charge >= 0.3 is 0 Å². The monoisotopic (exact) mass is 692 g/mol. The molecular weight excluding hydrogens is 645 g/mol. The van der Waals surface area contributed by atoms with E-state index in [1.165, 1.54) is 61.5 Å². The van der Waals surface area contributed by atoms with Gasteiger partial charge in [0.25, 0.3) is 0 Å². The Balaban J connectivity index is 1.10. The summed E-state index contributed by atoms with van der Waals surface area (Å²) < 4.78 is 2.56. The molecule has 0 spiro atoms. The van der Waals surface area contributed by atoms with Crippen molar-refractivity contribution in [3.8, 4) is 0 Å². The van der Waals surface area contributed by atoms with Crippen LogP contribution in [0.1, 0.15) is 62.8 Å². The Labute approximate surface area is 314 Å². The van der Waals surface area contributed by atoms with Crippen molar-refractivity contribution in [1.29, 1.82) is 0 Å². The van der Waals surface area contributed by atoms with E-state index in [1.807, 2.05) is 0 Å². The first-order chi connectivity index (χ1) is 25.8. The molecule has 6 aliphatic rings. The zero-order valence-corrected chi connectivity index (χ0v) is 31.4. The van der Waals surface area contributed by atoms with Gasteiger partial charge in [0.2, 0.25) is 6.29 Å². The summed E-state index contributed by atoms with van der Waals surface area (Å²) in [5.74, 6) is 1.99. The zero-order valence-electron chi connectivity index (χ0n) is 31.4. The van der Waals surface area contributed by atoms with Crippen LogP contribution in [0.2, 0.25) is 0 Å². The van der Waals surface area contributed by atoms with Crippen molar-refractivity contribution in [2.24, 2.45) is 34.6 Å². The predicted molar refractivity (Wildman–Crippen MR) is 222 cm³/mol. The second-order valence-electron chi connectivity index (χ2n) is 16.3. The summed E-state index contributed by atoms with van der Waals surface area (Å²) in [4.78, 5) is 10.6. The van der Waals surface area contributed by atoms with Crippen molar-refractivity contribution in [3.05, 3.63) is 167 Å². The van der Waals surface area contributed by atoms with Gasteiger partial charge in [-0.1, -0.05) is 124 Å². The molecule has 4 aromatic rings. The van der Waals surface area contributed by atoms with E-state index in [1.54, 1.807) is 0 Å². The highest BCUT2D eigenvalue weighted by molar-refractivity contribution is 6.14. The Morgan fingerprint density at radius 3 is 2.43 bits per heavy atom. The number of para-hydroxylation sites is 1. The highest BCUT2D eigenvalue weighted by Crippen LogP contribution is 2.57. The van der Waals surface area contributed by atoms with Crippen molar-refractivity contribution in [2.45, 2.75) is 52.4 Å². The average molecular weight is 693 g/mol. The van der Waals surface area contributed by atoms with Gasteiger partial charge in [-0.25, -0.2) is 4.99 Å². The lowest BCUT2D eigenvalue weighted by atomic mass is 9.69. The third-order valence-electron chi connectivity index (χ3n) is 13.1. The van der Waals surface area contributed by atoms with Crippen LogP contribution in [0.3, 0.4) is 0 Å². The number of hydrogen-bond acceptors (Lipinski definition) is 3. The fourth-order valence-electron chi connectivity index (χ4n) is 10.6. The van der Waals surface area contributed by atoms with E-state index in [-0.39, 0.29) is 11.8 Å². The molecule has 3 aromatic carbocycles. The maximum atomic E-state index is 5.58. The molecular formula is C49H48N4. The number of nitrogens with zero attached hydrogens (tertiary/aromatic N) is 4. The molecule has 7 unspecified atom stereocenters. The minimum absolute atomic E-state index is 0.113. The number of anilines is 1. The van der Waals surface area contributed by atoms with E-state index in [2.05, 4.69) is 189 Å². The number of fused-ring (bicyclic) bond motifs is 7. The molecule has 7 atom stereocenters. The van der Waals surface area contributed by atoms with Crippen molar-refractivity contribution in [3.63, 3.8) is 0 Å². The second-order valence-corrected chi connectivity index (χ2v) is 16.3. The van der Waals surface area contributed by atoms with Gasteiger partial charge in [-0.15, -0.1) is 0 Å². The van der Waals surface area contributed by atoms with E-state index in [0.29, 0.717) is 29.6 Å². The fourth-order valence-corrected chi connectivity index (χ4v) is 10.6. The molecule has 0 saturated carbocycles. The van der Waals surface area contributed by atoms with Gasteiger partial charge in [-0.2, -0.15) is 0 Å². The molecule has 264 valence electrons. The van der Waals surface area contributed by atoms with E-state index in [4.69, 9.17) is 4.99 Å². The van der Waals surface area contributed by atoms with E-state index in [0.717, 1.165) is 18.6 Å². The van der Waals surface area contributed by atoms with Crippen LogP contribution in [0.5, 0.6) is 0 Å². The second kappa shape index (κ2) is 12.1. The molecule has 0 N–H and O–H groups in total. The van der Waals surface area contributed by atoms with E-state index in [9.17, 15) is 0 Å². The molecule has 10 rings (SSSR count). The number of allylic oxidation sites excluding steroid dienone is 10. The largest absolute Gasteiger partial charge is 0.335 e. The highest BCUT2D eigenvalue weighted by Gasteiger charge is 2.54. The molecule has 0 amide bonds. The highest BCUT2D eigenvalue weighted by atomic mass is 15.4. The lowest BCUT2D eigenvalue weighted by molar-refractivity contribution is 0.266. The Bertz CT molecular complexity index is 2400. The molecule has 4 heteroatoms. The maximum Gasteiger partial charge on any atom is 0.203 e. The van der Waals surface area contributed by atoms with Gasteiger partial charge in [0.05, 0.1) is 22.5 Å². The maximum absolute atomic E-state index is 5.58. The average Bonchev–Trinajstić information content (AvgIpc) is 3.64. The van der Waals surface area contributed by atoms with E-state index < -0.39 is 0 Å². The van der Waals surface area contributed by atoms with Crippen LogP contribution in [0.25, 0.3) is 28.2 Å². The van der Waals surface area contributed by atoms with Gasteiger partial charge in [-0.05, 0) is 90.6 Å². The molecule has 0 bridgehead atoms. The smallest absolute Gasteiger partial charge is 0.203 e. The first-order valence-electron chi connectivity index (χ1n) is 19.6. The molecule has 2 aliphatic heterocycles. The zero-order chi connectivity index (χ0) is 36.0. The molecule has 1 aromatic heterocycles. The van der Waals surface area contributed by atoms with Crippen LogP contribution in [0.4, 0.5) is 5.69 Å².